The second-order valence-corrected chi connectivity index (χ2v) is 6.39. The van der Waals surface area contributed by atoms with Crippen molar-refractivity contribution in [2.75, 3.05) is 39.4 Å². The van der Waals surface area contributed by atoms with E-state index in [9.17, 15) is 0 Å². The number of hydrogen-bond acceptors (Lipinski definition) is 3. The van der Waals surface area contributed by atoms with Crippen LogP contribution in [0.2, 0.25) is 0 Å². The Kier molecular flexibility index (Phi) is 5.28. The first-order valence-corrected chi connectivity index (χ1v) is 8.50. The molecule has 21 heavy (non-hydrogen) atoms. The van der Waals surface area contributed by atoms with Gasteiger partial charge in [-0.2, -0.15) is 0 Å². The Hall–Kier alpha value is -0.900. The molecule has 0 bridgehead atoms. The van der Waals surface area contributed by atoms with Gasteiger partial charge in [-0.3, -0.25) is 4.90 Å². The average molecular weight is 288 g/mol. The molecule has 0 aromatic heterocycles. The minimum atomic E-state index is 0.214. The number of morpholine rings is 1. The summed E-state index contributed by atoms with van der Waals surface area (Å²) in [4.78, 5) is 2.51. The van der Waals surface area contributed by atoms with Crippen LogP contribution in [0.15, 0.2) is 30.3 Å². The topological polar surface area (TPSA) is 24.5 Å². The maximum absolute atomic E-state index is 5.42. The zero-order chi connectivity index (χ0) is 14.4. The van der Waals surface area contributed by atoms with Gasteiger partial charge in [-0.1, -0.05) is 49.6 Å². The van der Waals surface area contributed by atoms with Crippen molar-refractivity contribution in [3.63, 3.8) is 0 Å². The monoisotopic (exact) mass is 288 g/mol. The molecule has 0 unspecified atom stereocenters. The SMILES string of the molecule is c1ccc(C2(NCCN3CCOCC3)CCCCC2)cc1. The van der Waals surface area contributed by atoms with Crippen LogP contribution in [0.3, 0.4) is 0 Å². The summed E-state index contributed by atoms with van der Waals surface area (Å²) in [5.74, 6) is 0. The molecule has 0 amide bonds. The van der Waals surface area contributed by atoms with Gasteiger partial charge in [0.2, 0.25) is 0 Å². The molecule has 1 aromatic rings. The van der Waals surface area contributed by atoms with Gasteiger partial charge < -0.3 is 10.1 Å². The molecule has 3 rings (SSSR count). The predicted octanol–water partition coefficient (Wildman–Crippen LogP) is 2.77. The Morgan fingerprint density at radius 3 is 2.43 bits per heavy atom. The van der Waals surface area contributed by atoms with Gasteiger partial charge in [0.15, 0.2) is 0 Å². The van der Waals surface area contributed by atoms with Gasteiger partial charge in [-0.25, -0.2) is 0 Å². The molecule has 2 aliphatic rings. The average Bonchev–Trinajstić information content (AvgIpc) is 2.58. The lowest BCUT2D eigenvalue weighted by molar-refractivity contribution is 0.0368. The van der Waals surface area contributed by atoms with E-state index in [0.29, 0.717) is 0 Å². The number of nitrogens with zero attached hydrogens (tertiary/aromatic N) is 1. The molecule has 3 heteroatoms. The summed E-state index contributed by atoms with van der Waals surface area (Å²) < 4.78 is 5.42. The van der Waals surface area contributed by atoms with Crippen molar-refractivity contribution < 1.29 is 4.74 Å². The Bertz CT molecular complexity index is 408. The predicted molar refractivity (Wildman–Crippen MR) is 86.5 cm³/mol. The number of ether oxygens (including phenoxy) is 1. The van der Waals surface area contributed by atoms with Crippen LogP contribution < -0.4 is 5.32 Å². The smallest absolute Gasteiger partial charge is 0.0594 e. The van der Waals surface area contributed by atoms with Gasteiger partial charge in [-0.15, -0.1) is 0 Å². The van der Waals surface area contributed by atoms with Gasteiger partial charge in [-0.05, 0) is 18.4 Å². The molecule has 116 valence electrons. The molecule has 1 N–H and O–H groups in total. The van der Waals surface area contributed by atoms with Crippen molar-refractivity contribution in [1.82, 2.24) is 10.2 Å². The number of benzene rings is 1. The minimum absolute atomic E-state index is 0.214. The third-order valence-electron chi connectivity index (χ3n) is 5.03. The molecule has 1 aromatic carbocycles. The van der Waals surface area contributed by atoms with Gasteiger partial charge >= 0.3 is 0 Å². The maximum Gasteiger partial charge on any atom is 0.0594 e. The van der Waals surface area contributed by atoms with Crippen LogP contribution >= 0.6 is 0 Å². The van der Waals surface area contributed by atoms with Crippen LogP contribution in [0.25, 0.3) is 0 Å². The summed E-state index contributed by atoms with van der Waals surface area (Å²) in [6.07, 6.45) is 6.64. The van der Waals surface area contributed by atoms with E-state index in [1.54, 1.807) is 0 Å². The highest BCUT2D eigenvalue weighted by Gasteiger charge is 2.33. The summed E-state index contributed by atoms with van der Waals surface area (Å²) in [7, 11) is 0. The molecule has 2 fully saturated rings. The summed E-state index contributed by atoms with van der Waals surface area (Å²) in [6.45, 7) is 6.17. The van der Waals surface area contributed by atoms with Crippen molar-refractivity contribution >= 4 is 0 Å². The van der Waals surface area contributed by atoms with Crippen molar-refractivity contribution in [3.05, 3.63) is 35.9 Å². The van der Waals surface area contributed by atoms with Gasteiger partial charge in [0, 0.05) is 31.7 Å². The Morgan fingerprint density at radius 1 is 1.00 bits per heavy atom. The Balaban J connectivity index is 1.60. The van der Waals surface area contributed by atoms with E-state index >= 15 is 0 Å². The lowest BCUT2D eigenvalue weighted by Gasteiger charge is -2.40. The zero-order valence-electron chi connectivity index (χ0n) is 13.0. The minimum Gasteiger partial charge on any atom is -0.379 e. The summed E-state index contributed by atoms with van der Waals surface area (Å²) in [5.41, 5.74) is 1.69. The van der Waals surface area contributed by atoms with Crippen LogP contribution in [0, 0.1) is 0 Å². The summed E-state index contributed by atoms with van der Waals surface area (Å²) in [6, 6.07) is 11.1. The summed E-state index contributed by atoms with van der Waals surface area (Å²) in [5, 5.41) is 3.92. The van der Waals surface area contributed by atoms with Crippen LogP contribution in [0.4, 0.5) is 0 Å². The van der Waals surface area contributed by atoms with Crippen molar-refractivity contribution in [2.45, 2.75) is 37.6 Å². The quantitative estimate of drug-likeness (QED) is 0.901. The van der Waals surface area contributed by atoms with Crippen LogP contribution in [0.5, 0.6) is 0 Å². The molecule has 0 radical (unpaired) electrons. The molecule has 1 heterocycles. The molecule has 0 spiro atoms. The van der Waals surface area contributed by atoms with Gasteiger partial charge in [0.25, 0.3) is 0 Å². The summed E-state index contributed by atoms with van der Waals surface area (Å²) >= 11 is 0. The second-order valence-electron chi connectivity index (χ2n) is 6.39. The van der Waals surface area contributed by atoms with E-state index in [0.717, 1.165) is 39.4 Å². The van der Waals surface area contributed by atoms with Crippen LogP contribution in [-0.4, -0.2) is 44.3 Å². The molecule has 0 atom stereocenters. The molecular weight excluding hydrogens is 260 g/mol. The molecule has 3 nitrogen and oxygen atoms in total. The molecular formula is C18H28N2O. The normalized spacial score (nSPS) is 23.0. The highest BCUT2D eigenvalue weighted by atomic mass is 16.5. The van der Waals surface area contributed by atoms with Crippen molar-refractivity contribution in [3.8, 4) is 0 Å². The highest BCUT2D eigenvalue weighted by molar-refractivity contribution is 5.25. The molecule has 1 saturated heterocycles. The highest BCUT2D eigenvalue weighted by Crippen LogP contribution is 2.36. The first-order chi connectivity index (χ1) is 10.4. The van der Waals surface area contributed by atoms with E-state index < -0.39 is 0 Å². The van der Waals surface area contributed by atoms with E-state index in [4.69, 9.17) is 4.74 Å². The van der Waals surface area contributed by atoms with E-state index in [2.05, 4.69) is 40.5 Å². The lowest BCUT2D eigenvalue weighted by atomic mass is 9.76. The Morgan fingerprint density at radius 2 is 1.71 bits per heavy atom. The van der Waals surface area contributed by atoms with E-state index in [1.165, 1.54) is 37.7 Å². The number of hydrogen-bond donors (Lipinski definition) is 1. The fourth-order valence-electron chi connectivity index (χ4n) is 3.76. The number of nitrogens with one attached hydrogen (secondary N) is 1. The van der Waals surface area contributed by atoms with Gasteiger partial charge in [0.1, 0.15) is 0 Å². The van der Waals surface area contributed by atoms with Crippen LogP contribution in [-0.2, 0) is 10.3 Å². The van der Waals surface area contributed by atoms with Crippen molar-refractivity contribution in [1.29, 1.82) is 0 Å². The molecule has 1 aliphatic carbocycles. The number of rotatable bonds is 5. The zero-order valence-corrected chi connectivity index (χ0v) is 13.0. The Labute approximate surface area is 128 Å². The first kappa shape index (κ1) is 15.0. The molecule has 1 saturated carbocycles. The largest absolute Gasteiger partial charge is 0.379 e. The van der Waals surface area contributed by atoms with Crippen molar-refractivity contribution in [2.24, 2.45) is 0 Å². The van der Waals surface area contributed by atoms with Crippen LogP contribution in [0.1, 0.15) is 37.7 Å². The second kappa shape index (κ2) is 7.39. The maximum atomic E-state index is 5.42. The standard InChI is InChI=1S/C18H28N2O/c1-3-7-17(8-4-1)18(9-5-2-6-10-18)19-11-12-20-13-15-21-16-14-20/h1,3-4,7-8,19H,2,5-6,9-16H2. The third-order valence-corrected chi connectivity index (χ3v) is 5.03. The lowest BCUT2D eigenvalue weighted by Crippen LogP contribution is -2.48. The van der Waals surface area contributed by atoms with E-state index in [1.807, 2.05) is 0 Å². The third kappa shape index (κ3) is 3.85. The fourth-order valence-corrected chi connectivity index (χ4v) is 3.76. The van der Waals surface area contributed by atoms with Gasteiger partial charge in [0.05, 0.1) is 13.2 Å². The first-order valence-electron chi connectivity index (χ1n) is 8.50. The fraction of sp³-hybridized carbons (Fsp3) is 0.667. The molecule has 1 aliphatic heterocycles. The van der Waals surface area contributed by atoms with E-state index in [-0.39, 0.29) is 5.54 Å².